The Kier molecular flexibility index (Phi) is 13.7. The molecule has 1 spiro atoms. The van der Waals surface area contributed by atoms with Gasteiger partial charge in [-0.3, -0.25) is 39.4 Å². The van der Waals surface area contributed by atoms with Crippen molar-refractivity contribution in [2.75, 3.05) is 66.1 Å². The summed E-state index contributed by atoms with van der Waals surface area (Å²) in [6, 6.07) is 7.46. The van der Waals surface area contributed by atoms with E-state index in [-0.39, 0.29) is 60.6 Å². The fourth-order valence-corrected chi connectivity index (χ4v) is 13.8. The van der Waals surface area contributed by atoms with Crippen LogP contribution in [0.1, 0.15) is 120 Å². The maximum absolute atomic E-state index is 15.1. The van der Waals surface area contributed by atoms with Gasteiger partial charge in [-0.05, 0) is 137 Å². The molecule has 2 aromatic heterocycles. The van der Waals surface area contributed by atoms with Crippen LogP contribution >= 0.6 is 0 Å². The average Bonchev–Trinajstić information content (AvgIpc) is 4.04. The van der Waals surface area contributed by atoms with Crippen LogP contribution in [-0.2, 0) is 41.6 Å². The zero-order valence-corrected chi connectivity index (χ0v) is 43.0. The Balaban J connectivity index is 0.898. The van der Waals surface area contributed by atoms with Crippen LogP contribution < -0.4 is 16.1 Å². The quantitative estimate of drug-likeness (QED) is 0.159. The number of nitrogens with one attached hydrogen (secondary N) is 3. The minimum atomic E-state index is -4.54. The molecule has 15 nitrogen and oxygen atoms in total. The van der Waals surface area contributed by atoms with E-state index in [9.17, 15) is 27.6 Å². The van der Waals surface area contributed by atoms with Gasteiger partial charge in [0.15, 0.2) is 0 Å². The van der Waals surface area contributed by atoms with Crippen LogP contribution in [0.3, 0.4) is 0 Å². The molecule has 8 aliphatic rings. The summed E-state index contributed by atoms with van der Waals surface area (Å²) >= 11 is 0. The Morgan fingerprint density at radius 1 is 0.973 bits per heavy atom. The van der Waals surface area contributed by atoms with Gasteiger partial charge in [-0.1, -0.05) is 32.8 Å². The van der Waals surface area contributed by atoms with Crippen molar-refractivity contribution in [2.45, 2.75) is 153 Å². The van der Waals surface area contributed by atoms with Gasteiger partial charge in [0.05, 0.1) is 30.1 Å². The second-order valence-corrected chi connectivity index (χ2v) is 23.9. The van der Waals surface area contributed by atoms with E-state index in [0.29, 0.717) is 84.4 Å². The lowest BCUT2D eigenvalue weighted by Gasteiger charge is -2.38. The molecule has 1 aromatic carbocycles. The summed E-state index contributed by atoms with van der Waals surface area (Å²) in [6.45, 7) is 9.27. The van der Waals surface area contributed by atoms with Gasteiger partial charge in [0.2, 0.25) is 11.8 Å². The van der Waals surface area contributed by atoms with E-state index >= 15 is 4.79 Å². The number of methoxy groups -OCH3 is 1. The molecule has 11 rings (SSSR count). The molecule has 396 valence electrons. The minimum absolute atomic E-state index is 0.00565. The number of carbonyl (C=O) groups is 4. The lowest BCUT2D eigenvalue weighted by molar-refractivity contribution is -0.155. The highest BCUT2D eigenvalue weighted by Crippen LogP contribution is 2.46. The smallest absolute Gasteiger partial charge is 0.406 e. The van der Waals surface area contributed by atoms with Crippen molar-refractivity contribution in [3.05, 3.63) is 53.3 Å². The van der Waals surface area contributed by atoms with Crippen LogP contribution in [0.15, 0.2) is 36.5 Å². The molecule has 3 aromatic rings. The monoisotopic (exact) mass is 1010 g/mol. The Labute approximate surface area is 426 Å². The summed E-state index contributed by atoms with van der Waals surface area (Å²) in [4.78, 5) is 69.0. The molecular formula is C55H74F3N9O6. The number of likely N-dealkylation sites (tertiary alicyclic amines) is 2. The molecule has 3 N–H and O–H groups in total. The van der Waals surface area contributed by atoms with Crippen molar-refractivity contribution in [3.8, 4) is 11.3 Å². The highest BCUT2D eigenvalue weighted by atomic mass is 19.4. The first-order valence-corrected chi connectivity index (χ1v) is 27.2. The number of carbonyl (C=O) groups excluding carboxylic acids is 4. The van der Waals surface area contributed by atoms with Crippen molar-refractivity contribution in [3.63, 3.8) is 0 Å². The van der Waals surface area contributed by atoms with Crippen molar-refractivity contribution in [1.82, 2.24) is 45.3 Å². The topological polar surface area (TPSA) is 164 Å². The summed E-state index contributed by atoms with van der Waals surface area (Å²) < 4.78 is 57.4. The number of pyridine rings is 1. The third kappa shape index (κ3) is 10.4. The number of hydrogen-bond acceptors (Lipinski definition) is 11. The van der Waals surface area contributed by atoms with Gasteiger partial charge in [0, 0.05) is 85.9 Å². The van der Waals surface area contributed by atoms with Gasteiger partial charge in [-0.15, -0.1) is 0 Å². The number of halogens is 3. The molecule has 8 heterocycles. The molecule has 7 fully saturated rings. The molecule has 0 radical (unpaired) electrons. The average molecular weight is 1010 g/mol. The lowest BCUT2D eigenvalue weighted by atomic mass is 9.84. The molecule has 2 aliphatic carbocycles. The second kappa shape index (κ2) is 19.8. The second-order valence-electron chi connectivity index (χ2n) is 23.9. The standard InChI is InChI=1S/C55H74F3N9O6/c1-33(72-4)44-38(11-7-20-59-44)48-40-26-53(2,3)32-73-52(71)41-12-8-21-67(62-41)50(69)42(28-63-22-17-37(27-63)36-15-16-43(39(40)25-36)66(48)31-55(56,57)58)60-49(68)47(35-9-5-6-10-35)64-23-18-54(29-64)19-24-65(30-54)51(70)46-45(61-46)34-13-14-34/h7,11,15-16,20,25,33-35,37,41-42,45-47,61-62H,5-6,8-10,12-14,17-19,21-24,26-32H2,1-4H3,(H,60,68)/t33-,37+,41-,42-,45?,46+,47?,54-/m0/s1. The third-order valence-corrected chi connectivity index (χ3v) is 17.9. The minimum Gasteiger partial charge on any atom is -0.464 e. The number of alkyl halides is 3. The van der Waals surface area contributed by atoms with E-state index in [1.54, 1.807) is 25.4 Å². The number of nitrogens with zero attached hydrogens (tertiary/aromatic N) is 6. The normalized spacial score (nSPS) is 31.0. The van der Waals surface area contributed by atoms with Gasteiger partial charge in [0.1, 0.15) is 24.7 Å². The summed E-state index contributed by atoms with van der Waals surface area (Å²) in [5, 5.41) is 8.98. The number of cyclic esters (lactones) is 1. The van der Waals surface area contributed by atoms with Gasteiger partial charge in [-0.25, -0.2) is 5.43 Å². The lowest BCUT2D eigenvalue weighted by Crippen LogP contribution is -2.63. The summed E-state index contributed by atoms with van der Waals surface area (Å²) in [7, 11) is 1.55. The number of hydrogen-bond donors (Lipinski definition) is 3. The first-order valence-electron chi connectivity index (χ1n) is 27.2. The predicted molar refractivity (Wildman–Crippen MR) is 268 cm³/mol. The predicted octanol–water partition coefficient (Wildman–Crippen LogP) is 6.10. The Hall–Kier alpha value is -4.62. The molecule has 3 amide bonds. The van der Waals surface area contributed by atoms with E-state index in [4.69, 9.17) is 9.47 Å². The van der Waals surface area contributed by atoms with E-state index in [1.165, 1.54) is 22.4 Å². The van der Waals surface area contributed by atoms with Gasteiger partial charge >= 0.3 is 12.1 Å². The number of benzene rings is 1. The number of fused-ring (bicyclic) bond motifs is 6. The van der Waals surface area contributed by atoms with Crippen molar-refractivity contribution < 1.29 is 41.8 Å². The SMILES string of the molecule is CO[C@@H](C)c1ncccc1-c1c2c3cc(ccc3n1CC(F)(F)F)[C@@H]1CCN(C1)C[C@H](NC(=O)C(C1CCCC1)N1CC[C@]3(CCN(C(=O)[C@@H]4NC4C4CC4)C3)C1)C(=O)N1CCC[C@H](N1)C(=O)OCC(C)(C)C2. The van der Waals surface area contributed by atoms with E-state index in [1.807, 2.05) is 39.0 Å². The molecule has 5 saturated heterocycles. The fraction of sp³-hybridized carbons (Fsp3) is 0.691. The Morgan fingerprint density at radius 2 is 1.77 bits per heavy atom. The number of aromatic nitrogens is 2. The first-order chi connectivity index (χ1) is 35.0. The Bertz CT molecular complexity index is 2600. The van der Waals surface area contributed by atoms with Crippen LogP contribution in [0, 0.1) is 22.7 Å². The Morgan fingerprint density at radius 3 is 2.53 bits per heavy atom. The van der Waals surface area contributed by atoms with Crippen LogP contribution in [0.4, 0.5) is 13.2 Å². The fourth-order valence-electron chi connectivity index (χ4n) is 13.8. The third-order valence-electron chi connectivity index (χ3n) is 17.9. The van der Waals surface area contributed by atoms with Crippen molar-refractivity contribution in [1.29, 1.82) is 0 Å². The molecule has 73 heavy (non-hydrogen) atoms. The first kappa shape index (κ1) is 50.5. The van der Waals surface area contributed by atoms with Crippen LogP contribution in [0.2, 0.25) is 0 Å². The number of amides is 3. The molecular weight excluding hydrogens is 940 g/mol. The molecule has 6 bridgehead atoms. The molecule has 6 aliphatic heterocycles. The number of hydrazine groups is 1. The number of rotatable bonds is 10. The maximum Gasteiger partial charge on any atom is 0.406 e. The highest BCUT2D eigenvalue weighted by molar-refractivity contribution is 5.94. The zero-order chi connectivity index (χ0) is 51.0. The molecule has 18 heteroatoms. The van der Waals surface area contributed by atoms with Crippen molar-refractivity contribution >= 4 is 34.6 Å². The molecule has 2 saturated carbocycles. The van der Waals surface area contributed by atoms with Gasteiger partial charge < -0.3 is 29.2 Å². The maximum atomic E-state index is 15.1. The zero-order valence-electron chi connectivity index (χ0n) is 43.0. The number of ether oxygens (including phenoxy) is 2. The summed E-state index contributed by atoms with van der Waals surface area (Å²) in [6.07, 6.45) is 6.81. The van der Waals surface area contributed by atoms with Crippen LogP contribution in [0.25, 0.3) is 22.2 Å². The van der Waals surface area contributed by atoms with Crippen LogP contribution in [-0.4, -0.2) is 155 Å². The van der Waals surface area contributed by atoms with E-state index in [2.05, 4.69) is 35.7 Å². The largest absolute Gasteiger partial charge is 0.464 e. The van der Waals surface area contributed by atoms with Crippen molar-refractivity contribution in [2.24, 2.45) is 22.7 Å². The summed E-state index contributed by atoms with van der Waals surface area (Å²) in [5.74, 6) is 0.0465. The molecule has 9 atom stereocenters. The summed E-state index contributed by atoms with van der Waals surface area (Å²) in [5.41, 5.74) is 6.01. The van der Waals surface area contributed by atoms with Gasteiger partial charge in [-0.2, -0.15) is 13.2 Å². The van der Waals surface area contributed by atoms with E-state index in [0.717, 1.165) is 70.1 Å². The number of esters is 1. The van der Waals surface area contributed by atoms with Gasteiger partial charge in [0.25, 0.3) is 5.91 Å². The molecule has 3 unspecified atom stereocenters. The van der Waals surface area contributed by atoms with E-state index < -0.39 is 48.3 Å². The highest BCUT2D eigenvalue weighted by Gasteiger charge is 2.55. The van der Waals surface area contributed by atoms with Crippen LogP contribution in [0.5, 0.6) is 0 Å².